The quantitative estimate of drug-likeness (QED) is 0.00736. The van der Waals surface area contributed by atoms with E-state index in [9.17, 15) is 72.2 Å². The molecule has 10 aromatic carbocycles. The van der Waals surface area contributed by atoms with E-state index < -0.39 is 74.5 Å². The standard InChI is InChI=1S/C18H16FN3O3S.C18H14FN3O2S.C11H13NO4.C11H13NO3S.C10H9NO3S.C9H9NO5.C9H11NO3.C7H5NO5.2CH4/c1-10-20-16-14(26-10)8-7-13(17(16)25-2)18(24)22-21-15(23)9-11-3-5-12(19)6-4-11;1-10-20-16-14(25-10)8-7-13(17(16)23-2)18-22-21-15(24-18)9-11-3-5-12(19)6-4-11;1-7(13)12-9-6-4-5-8(10(9)15-2)11(14)16-3;1-7(16)12-9-6-4-5-8(10(9)14-2)11(13)15-3;1-5-11-8-7(15-5)4-3-6(10(12)13)9(8)14-2;1-14-8-6(9(11)15-2)4-3-5-7(8)10(12)13;1-12-8-6(9(11)13-2)4-3-5-7(8)10;9-6-4(7(10)11)2-1-3-5(6)8(12)13;;/h3-8H,9H2,1-2H3,(H,21,23)(H,22,24);3-8H,9H2,1-2H3;4-6H,1-3H3,(H,12,13);4-6H,1-3H3,(H,12,16);3-4H,1-2H3,(H,12,13);3-5H,1-2H3;3-5H,10H2,1-2H3;1-3,9H,(H,10,11);2*1H4. The second kappa shape index (κ2) is 55.3. The third kappa shape index (κ3) is 31.3. The zero-order valence-electron chi connectivity index (χ0n) is 76.8. The van der Waals surface area contributed by atoms with Gasteiger partial charge in [-0.15, -0.1) is 44.2 Å². The van der Waals surface area contributed by atoms with E-state index in [1.54, 1.807) is 116 Å². The van der Waals surface area contributed by atoms with Crippen molar-refractivity contribution in [1.29, 1.82) is 0 Å². The van der Waals surface area contributed by atoms with Gasteiger partial charge in [-0.1, -0.05) is 81.7 Å². The van der Waals surface area contributed by atoms with E-state index in [1.165, 1.54) is 161 Å². The highest BCUT2D eigenvalue weighted by Gasteiger charge is 2.27. The first kappa shape index (κ1) is 114. The van der Waals surface area contributed by atoms with Crippen LogP contribution in [0.5, 0.6) is 46.0 Å². The highest BCUT2D eigenvalue weighted by atomic mass is 32.1. The normalized spacial score (nSPS) is 9.94. The smallest absolute Gasteiger partial charge is 0.341 e. The number of aryl methyl sites for hydroxylation is 3. The van der Waals surface area contributed by atoms with E-state index in [2.05, 4.69) is 65.6 Å². The number of esters is 4. The number of nitro groups is 2. The molecule has 0 aliphatic rings. The van der Waals surface area contributed by atoms with Crippen LogP contribution >= 0.6 is 46.2 Å². The Labute approximate surface area is 821 Å². The molecule has 14 rings (SSSR count). The molecule has 0 bridgehead atoms. The number of fused-ring (bicyclic) bond motifs is 3. The number of thiazole rings is 3. The molecule has 14 aromatic rings. The number of methoxy groups -OCH3 is 11. The molecule has 4 heterocycles. The fraction of sp³-hybridized carbons (Fsp3) is 0.211. The van der Waals surface area contributed by atoms with Crippen molar-refractivity contribution in [2.75, 3.05) is 94.6 Å². The number of ether oxygens (including phenoxy) is 11. The number of carbonyl (C=O) groups excluding carboxylic acids is 7. The molecule has 0 radical (unpaired) electrons. The molecule has 40 nitrogen and oxygen atoms in total. The number of para-hydroxylation sites is 5. The van der Waals surface area contributed by atoms with E-state index in [0.29, 0.717) is 108 Å². The molecule has 3 amide bonds. The lowest BCUT2D eigenvalue weighted by Crippen LogP contribution is -2.42. The number of aromatic nitrogens is 5. The number of hydrazine groups is 1. The van der Waals surface area contributed by atoms with Crippen molar-refractivity contribution in [2.45, 2.75) is 62.3 Å². The highest BCUT2D eigenvalue weighted by molar-refractivity contribution is 7.80. The number of carbonyl (C=O) groups is 9. The van der Waals surface area contributed by atoms with Gasteiger partial charge < -0.3 is 88.2 Å². The number of rotatable bonds is 23. The van der Waals surface area contributed by atoms with Crippen molar-refractivity contribution in [1.82, 2.24) is 36.0 Å². The third-order valence-corrected chi connectivity index (χ3v) is 21.2. The maximum absolute atomic E-state index is 13.0. The van der Waals surface area contributed by atoms with Crippen molar-refractivity contribution in [3.05, 3.63) is 279 Å². The number of carboxylic acids is 2. The topological polar surface area (TPSA) is 554 Å². The molecule has 0 saturated carbocycles. The van der Waals surface area contributed by atoms with Crippen molar-refractivity contribution >= 4 is 164 Å². The minimum absolute atomic E-state index is 0. The van der Waals surface area contributed by atoms with Crippen LogP contribution < -0.4 is 60.4 Å². The number of hydrogen-bond acceptors (Lipinski definition) is 36. The Bertz CT molecular complexity index is 6710. The Morgan fingerprint density at radius 1 is 0.440 bits per heavy atom. The van der Waals surface area contributed by atoms with Crippen molar-refractivity contribution in [3.8, 4) is 57.5 Å². The Morgan fingerprint density at radius 2 is 0.816 bits per heavy atom. The number of nitro benzene ring substituents is 2. The fourth-order valence-electron chi connectivity index (χ4n) is 12.3. The molecule has 141 heavy (non-hydrogen) atoms. The molecular weight excluding hydrogens is 1920 g/mol. The Balaban J connectivity index is 0.000000288. The molecule has 0 saturated heterocycles. The van der Waals surface area contributed by atoms with E-state index >= 15 is 0 Å². The summed E-state index contributed by atoms with van der Waals surface area (Å²) in [4.78, 5) is 135. The number of nitrogens with two attached hydrogens (primary N) is 1. The molecule has 9 N–H and O–H groups in total. The minimum Gasteiger partial charge on any atom is -0.501 e. The van der Waals surface area contributed by atoms with E-state index in [0.717, 1.165) is 52.3 Å². The van der Waals surface area contributed by atoms with Crippen LogP contribution in [-0.4, -0.2) is 187 Å². The summed E-state index contributed by atoms with van der Waals surface area (Å²) >= 11 is 9.57. The molecule has 744 valence electrons. The van der Waals surface area contributed by atoms with Crippen LogP contribution in [-0.2, 0) is 41.4 Å². The van der Waals surface area contributed by atoms with Gasteiger partial charge >= 0.3 is 47.2 Å². The lowest BCUT2D eigenvalue weighted by atomic mass is 10.1. The molecule has 0 unspecified atom stereocenters. The van der Waals surface area contributed by atoms with Gasteiger partial charge in [0.2, 0.25) is 29.2 Å². The SMILES string of the molecule is C.C.COC(=O)c1cccc(N)c1OC.COC(=O)c1cccc(NC(C)=O)c1OC.COC(=O)c1cccc(NC(C)=S)c1OC.COC(=O)c1cccc([N+](=O)[O-])c1OC.COc1c(-c2nnc(Cc3ccc(F)cc3)o2)ccc2sc(C)nc12.COc1c(C(=O)NNC(=O)Cc2ccc(F)cc2)ccc2sc(C)nc12.COc1c(C(=O)O)ccc2sc(C)nc12.O=C(O)c1cccc([N+](=O)[O-])c1O. The summed E-state index contributed by atoms with van der Waals surface area (Å²) in [5.74, 6) is -3.97. The lowest BCUT2D eigenvalue weighted by molar-refractivity contribution is -0.386. The second-order valence-corrected chi connectivity index (χ2v) is 31.8. The van der Waals surface area contributed by atoms with Crippen molar-refractivity contribution in [3.63, 3.8) is 0 Å². The van der Waals surface area contributed by atoms with Crippen molar-refractivity contribution in [2.24, 2.45) is 0 Å². The van der Waals surface area contributed by atoms with Gasteiger partial charge in [0.15, 0.2) is 34.5 Å². The Hall–Kier alpha value is -17.0. The maximum atomic E-state index is 13.0. The number of anilines is 3. The van der Waals surface area contributed by atoms with Gasteiger partial charge in [-0.25, -0.2) is 52.5 Å². The first-order valence-electron chi connectivity index (χ1n) is 39.9. The van der Waals surface area contributed by atoms with E-state index in [4.69, 9.17) is 70.8 Å². The first-order chi connectivity index (χ1) is 66.3. The van der Waals surface area contributed by atoms with Gasteiger partial charge in [-0.3, -0.25) is 45.5 Å². The van der Waals surface area contributed by atoms with Crippen LogP contribution in [0.4, 0.5) is 37.2 Å². The molecule has 0 aliphatic heterocycles. The van der Waals surface area contributed by atoms with E-state index in [-0.39, 0.29) is 72.5 Å². The molecular formula is C95H98F2N12O28S4. The number of aromatic hydroxyl groups is 1. The van der Waals surface area contributed by atoms with Crippen molar-refractivity contribution < 1.29 is 134 Å². The molecule has 0 atom stereocenters. The van der Waals surface area contributed by atoms with Crippen LogP contribution in [0.2, 0.25) is 0 Å². The Morgan fingerprint density at radius 3 is 1.23 bits per heavy atom. The van der Waals surface area contributed by atoms with Gasteiger partial charge in [-0.05, 0) is 148 Å². The van der Waals surface area contributed by atoms with Crippen LogP contribution in [0.1, 0.15) is 133 Å². The monoisotopic (exact) mass is 2020 g/mol. The number of halogens is 2. The number of aromatic carboxylic acids is 2. The number of thiocarbonyl (C=S) groups is 1. The fourth-order valence-corrected chi connectivity index (χ4v) is 14.9. The molecule has 0 fully saturated rings. The highest BCUT2D eigenvalue weighted by Crippen LogP contribution is 2.41. The molecule has 4 aromatic heterocycles. The summed E-state index contributed by atoms with van der Waals surface area (Å²) in [6.07, 6.45) is 0.454. The summed E-state index contributed by atoms with van der Waals surface area (Å²) < 4.78 is 88.9. The van der Waals surface area contributed by atoms with Gasteiger partial charge in [0.25, 0.3) is 11.8 Å². The number of hydrogen-bond donors (Lipinski definition) is 8. The molecule has 0 aliphatic carbocycles. The van der Waals surface area contributed by atoms with Crippen LogP contribution in [0.3, 0.4) is 0 Å². The van der Waals surface area contributed by atoms with Gasteiger partial charge in [0.05, 0.1) is 163 Å². The summed E-state index contributed by atoms with van der Waals surface area (Å²) in [6.45, 7) is 8.84. The Kier molecular flexibility index (Phi) is 44.9. The predicted octanol–water partition coefficient (Wildman–Crippen LogP) is 17.9. The number of carboxylic acid groups (broad SMARTS) is 2. The molecule has 46 heteroatoms. The zero-order valence-corrected chi connectivity index (χ0v) is 80.1. The second-order valence-electron chi connectivity index (χ2n) is 27.5. The summed E-state index contributed by atoms with van der Waals surface area (Å²) in [7, 11) is 15.3. The van der Waals surface area contributed by atoms with E-state index in [1.807, 2.05) is 32.9 Å². The number of nitrogen functional groups attached to an aromatic ring is 1. The molecule has 0 spiro atoms. The third-order valence-electron chi connectivity index (χ3n) is 18.3. The van der Waals surface area contributed by atoms with Crippen LogP contribution in [0.25, 0.3) is 42.1 Å². The van der Waals surface area contributed by atoms with Gasteiger partial charge in [-0.2, -0.15) is 0 Å². The minimum atomic E-state index is -1.40. The largest absolute Gasteiger partial charge is 0.501 e. The zero-order chi connectivity index (χ0) is 103. The number of amides is 3. The lowest BCUT2D eigenvalue weighted by Gasteiger charge is -2.12. The summed E-state index contributed by atoms with van der Waals surface area (Å²) in [5.41, 5.74) is 16.2. The number of nitrogens with one attached hydrogen (secondary N) is 4. The van der Waals surface area contributed by atoms with Crippen LogP contribution in [0, 0.1) is 52.6 Å². The predicted molar refractivity (Wildman–Crippen MR) is 528 cm³/mol. The number of phenols is 1. The first-order valence-corrected chi connectivity index (χ1v) is 42.8. The average molecular weight is 2020 g/mol. The number of benzene rings is 10. The summed E-state index contributed by atoms with van der Waals surface area (Å²) in [6, 6.07) is 44.7. The van der Waals surface area contributed by atoms with Crippen LogP contribution in [0.15, 0.2) is 180 Å². The van der Waals surface area contributed by atoms with Gasteiger partial charge in [0, 0.05) is 19.1 Å². The maximum Gasteiger partial charge on any atom is 0.341 e. The number of nitrogens with zero attached hydrogens (tertiary/aromatic N) is 7. The summed E-state index contributed by atoms with van der Waals surface area (Å²) in [5, 5.41) is 63.9. The van der Waals surface area contributed by atoms with Gasteiger partial charge in [0.1, 0.15) is 61.6 Å². The average Bonchev–Trinajstić information content (AvgIpc) is 1.65.